The van der Waals surface area contributed by atoms with Crippen LogP contribution in [-0.2, 0) is 4.79 Å². The quantitative estimate of drug-likeness (QED) is 0.352. The third-order valence-corrected chi connectivity index (χ3v) is 1.94. The molecule has 0 aliphatic rings. The lowest BCUT2D eigenvalue weighted by Crippen LogP contribution is -2.49. The monoisotopic (exact) mass is 233 g/mol. The van der Waals surface area contributed by atoms with E-state index in [1.807, 2.05) is 7.05 Å². The van der Waals surface area contributed by atoms with Crippen molar-refractivity contribution in [3.63, 3.8) is 0 Å². The maximum atomic E-state index is 11.1. The molecule has 0 saturated heterocycles. The molecule has 0 aromatic rings. The number of hydrogen-bond donors (Lipinski definition) is 5. The standard InChI is InChI=1S/C9H19N3O4/c1-9(16,7(13)14)6-12-8(15)11-5-3-4-10-2/h10,16H,3-6H2,1-2H3,(H,13,14)(H2,11,12,15). The van der Waals surface area contributed by atoms with Gasteiger partial charge in [0, 0.05) is 6.54 Å². The molecule has 0 aromatic heterocycles. The maximum absolute atomic E-state index is 11.1. The number of rotatable bonds is 7. The van der Waals surface area contributed by atoms with Crippen LogP contribution in [0.4, 0.5) is 4.79 Å². The highest BCUT2D eigenvalue weighted by atomic mass is 16.4. The Morgan fingerprint density at radius 1 is 1.25 bits per heavy atom. The first-order valence-electron chi connectivity index (χ1n) is 5.02. The fourth-order valence-electron chi connectivity index (χ4n) is 0.858. The minimum Gasteiger partial charge on any atom is -0.479 e. The van der Waals surface area contributed by atoms with Crippen LogP contribution in [0.1, 0.15) is 13.3 Å². The van der Waals surface area contributed by atoms with Gasteiger partial charge in [-0.05, 0) is 26.9 Å². The van der Waals surface area contributed by atoms with Crippen molar-refractivity contribution in [2.45, 2.75) is 18.9 Å². The number of urea groups is 1. The molecule has 0 rings (SSSR count). The smallest absolute Gasteiger partial charge is 0.337 e. The van der Waals surface area contributed by atoms with Gasteiger partial charge in [-0.25, -0.2) is 9.59 Å². The van der Waals surface area contributed by atoms with Gasteiger partial charge in [-0.1, -0.05) is 0 Å². The van der Waals surface area contributed by atoms with E-state index in [4.69, 9.17) is 5.11 Å². The minimum absolute atomic E-state index is 0.333. The number of carboxylic acids is 1. The molecule has 1 unspecified atom stereocenters. The fraction of sp³-hybridized carbons (Fsp3) is 0.778. The molecular weight excluding hydrogens is 214 g/mol. The average Bonchev–Trinajstić information content (AvgIpc) is 2.21. The molecule has 7 nitrogen and oxygen atoms in total. The van der Waals surface area contributed by atoms with Gasteiger partial charge in [0.05, 0.1) is 6.54 Å². The van der Waals surface area contributed by atoms with Crippen LogP contribution in [0.15, 0.2) is 0 Å². The van der Waals surface area contributed by atoms with Crippen LogP contribution in [0.25, 0.3) is 0 Å². The Kier molecular flexibility index (Phi) is 6.43. The summed E-state index contributed by atoms with van der Waals surface area (Å²) >= 11 is 0. The predicted octanol–water partition coefficient (Wildman–Crippen LogP) is -1.27. The Morgan fingerprint density at radius 3 is 2.38 bits per heavy atom. The summed E-state index contributed by atoms with van der Waals surface area (Å²) in [5.41, 5.74) is -1.94. The van der Waals surface area contributed by atoms with Crippen LogP contribution < -0.4 is 16.0 Å². The number of carboxylic acid groups (broad SMARTS) is 1. The van der Waals surface area contributed by atoms with Crippen molar-refractivity contribution in [1.82, 2.24) is 16.0 Å². The number of amides is 2. The van der Waals surface area contributed by atoms with E-state index in [2.05, 4.69) is 16.0 Å². The SMILES string of the molecule is CNCCCNC(=O)NCC(C)(O)C(=O)O. The number of carbonyl (C=O) groups is 2. The summed E-state index contributed by atoms with van der Waals surface area (Å²) in [5, 5.41) is 25.6. The Labute approximate surface area is 94.2 Å². The predicted molar refractivity (Wildman–Crippen MR) is 58.2 cm³/mol. The summed E-state index contributed by atoms with van der Waals surface area (Å²) in [4.78, 5) is 21.6. The van der Waals surface area contributed by atoms with E-state index in [0.29, 0.717) is 6.54 Å². The van der Waals surface area contributed by atoms with Gasteiger partial charge in [0.15, 0.2) is 5.60 Å². The highest BCUT2D eigenvalue weighted by Gasteiger charge is 2.30. The highest BCUT2D eigenvalue weighted by Crippen LogP contribution is 2.00. The topological polar surface area (TPSA) is 111 Å². The summed E-state index contributed by atoms with van der Waals surface area (Å²) in [6.45, 7) is 2.06. The molecule has 7 heteroatoms. The lowest BCUT2D eigenvalue weighted by atomic mass is 10.1. The average molecular weight is 233 g/mol. The van der Waals surface area contributed by atoms with Crippen molar-refractivity contribution in [2.75, 3.05) is 26.7 Å². The Hall–Kier alpha value is -1.34. The first-order valence-corrected chi connectivity index (χ1v) is 5.02. The van der Waals surface area contributed by atoms with Crippen LogP contribution in [0.5, 0.6) is 0 Å². The summed E-state index contributed by atoms with van der Waals surface area (Å²) in [5.74, 6) is -1.37. The van der Waals surface area contributed by atoms with Crippen molar-refractivity contribution < 1.29 is 19.8 Å². The maximum Gasteiger partial charge on any atom is 0.337 e. The van der Waals surface area contributed by atoms with Crippen molar-refractivity contribution >= 4 is 12.0 Å². The van der Waals surface area contributed by atoms with Crippen LogP contribution in [0.2, 0.25) is 0 Å². The normalized spacial score (nSPS) is 13.9. The molecular formula is C9H19N3O4. The molecule has 0 radical (unpaired) electrons. The second kappa shape index (κ2) is 7.02. The van der Waals surface area contributed by atoms with Crippen LogP contribution in [0.3, 0.4) is 0 Å². The van der Waals surface area contributed by atoms with Gasteiger partial charge in [0.2, 0.25) is 0 Å². The molecule has 1 atom stereocenters. The Morgan fingerprint density at radius 2 is 1.88 bits per heavy atom. The molecule has 0 aliphatic heterocycles. The van der Waals surface area contributed by atoms with Gasteiger partial charge in [-0.3, -0.25) is 0 Å². The zero-order chi connectivity index (χ0) is 12.6. The molecule has 16 heavy (non-hydrogen) atoms. The molecule has 5 N–H and O–H groups in total. The number of aliphatic carboxylic acids is 1. The van der Waals surface area contributed by atoms with Crippen molar-refractivity contribution in [3.05, 3.63) is 0 Å². The van der Waals surface area contributed by atoms with Crippen molar-refractivity contribution in [3.8, 4) is 0 Å². The summed E-state index contributed by atoms with van der Waals surface area (Å²) in [7, 11) is 1.81. The first-order chi connectivity index (χ1) is 7.40. The lowest BCUT2D eigenvalue weighted by molar-refractivity contribution is -0.155. The molecule has 94 valence electrons. The molecule has 0 spiro atoms. The van der Waals surface area contributed by atoms with Gasteiger partial charge >= 0.3 is 12.0 Å². The lowest BCUT2D eigenvalue weighted by Gasteiger charge is -2.18. The van der Waals surface area contributed by atoms with E-state index in [1.165, 1.54) is 0 Å². The van der Waals surface area contributed by atoms with E-state index in [9.17, 15) is 14.7 Å². The van der Waals surface area contributed by atoms with E-state index in [-0.39, 0.29) is 6.54 Å². The van der Waals surface area contributed by atoms with Crippen LogP contribution in [0, 0.1) is 0 Å². The summed E-state index contributed by atoms with van der Waals surface area (Å²) < 4.78 is 0. The fourth-order valence-corrected chi connectivity index (χ4v) is 0.858. The van der Waals surface area contributed by atoms with Gasteiger partial charge in [-0.15, -0.1) is 0 Å². The molecule has 2 amide bonds. The molecule has 0 heterocycles. The van der Waals surface area contributed by atoms with Crippen molar-refractivity contribution in [2.24, 2.45) is 0 Å². The zero-order valence-electron chi connectivity index (χ0n) is 9.54. The second-order valence-electron chi connectivity index (χ2n) is 3.65. The van der Waals surface area contributed by atoms with E-state index in [0.717, 1.165) is 19.9 Å². The molecule has 0 bridgehead atoms. The van der Waals surface area contributed by atoms with Gasteiger partial charge in [-0.2, -0.15) is 0 Å². The Balaban J connectivity index is 3.69. The van der Waals surface area contributed by atoms with E-state index in [1.54, 1.807) is 0 Å². The van der Waals surface area contributed by atoms with E-state index < -0.39 is 17.6 Å². The van der Waals surface area contributed by atoms with Crippen LogP contribution >= 0.6 is 0 Å². The largest absolute Gasteiger partial charge is 0.479 e. The van der Waals surface area contributed by atoms with E-state index >= 15 is 0 Å². The Bertz CT molecular complexity index is 243. The van der Waals surface area contributed by atoms with Crippen molar-refractivity contribution in [1.29, 1.82) is 0 Å². The zero-order valence-corrected chi connectivity index (χ0v) is 9.54. The molecule has 0 aliphatic carbocycles. The summed E-state index contributed by atoms with van der Waals surface area (Å²) in [6, 6.07) is -0.488. The molecule has 0 aromatic carbocycles. The highest BCUT2D eigenvalue weighted by molar-refractivity contribution is 5.79. The summed E-state index contributed by atoms with van der Waals surface area (Å²) in [6.07, 6.45) is 0.777. The number of nitrogens with one attached hydrogen (secondary N) is 3. The third kappa shape index (κ3) is 6.20. The molecule has 0 saturated carbocycles. The number of hydrogen-bond acceptors (Lipinski definition) is 4. The number of carbonyl (C=O) groups excluding carboxylic acids is 1. The van der Waals surface area contributed by atoms with Gasteiger partial charge in [0.25, 0.3) is 0 Å². The minimum atomic E-state index is -1.94. The van der Waals surface area contributed by atoms with Crippen LogP contribution in [-0.4, -0.2) is 54.5 Å². The second-order valence-corrected chi connectivity index (χ2v) is 3.65. The van der Waals surface area contributed by atoms with Gasteiger partial charge < -0.3 is 26.2 Å². The molecule has 0 fully saturated rings. The number of aliphatic hydroxyl groups is 1. The van der Waals surface area contributed by atoms with Gasteiger partial charge in [0.1, 0.15) is 0 Å². The first kappa shape index (κ1) is 14.7. The third-order valence-electron chi connectivity index (χ3n) is 1.94.